The molecule has 17 heavy (non-hydrogen) atoms. The number of nitrogens with one attached hydrogen (secondary N) is 1. The van der Waals surface area contributed by atoms with Gasteiger partial charge in [-0.05, 0) is 0 Å². The van der Waals surface area contributed by atoms with Gasteiger partial charge in [0.15, 0.2) is 0 Å². The van der Waals surface area contributed by atoms with Gasteiger partial charge < -0.3 is 0 Å². The predicted octanol–water partition coefficient (Wildman–Crippen LogP) is 1.03. The number of nitrogens with two attached hydrogens (primary N) is 1. The topological polar surface area (TPSA) is 76.7 Å². The van der Waals surface area contributed by atoms with Crippen LogP contribution in [0.15, 0.2) is 16.4 Å². The van der Waals surface area contributed by atoms with Crippen molar-refractivity contribution in [3.8, 4) is 0 Å². The molecular weight excluding hydrogens is 303 g/mol. The molecule has 0 saturated heterocycles. The molecule has 90 valence electrons. The van der Waals surface area contributed by atoms with E-state index in [0.717, 1.165) is 3.51 Å². The molecule has 0 bridgehead atoms. The summed E-state index contributed by atoms with van der Waals surface area (Å²) in [4.78, 5) is 18.4. The third kappa shape index (κ3) is 2.41. The molecule has 2 aromatic rings. The van der Waals surface area contributed by atoms with Crippen molar-refractivity contribution in [1.29, 1.82) is 0 Å². The summed E-state index contributed by atoms with van der Waals surface area (Å²) in [5.74, 6) is 0.145. The van der Waals surface area contributed by atoms with E-state index < -0.39 is 0 Å². The second-order valence-electron chi connectivity index (χ2n) is 3.86. The summed E-state index contributed by atoms with van der Waals surface area (Å²) in [5.41, 5.74) is 7.21. The van der Waals surface area contributed by atoms with E-state index in [0.29, 0.717) is 16.9 Å². The van der Waals surface area contributed by atoms with Crippen LogP contribution in [0, 0.1) is 3.51 Å². The van der Waals surface area contributed by atoms with Gasteiger partial charge in [-0.1, -0.05) is 0 Å². The zero-order valence-corrected chi connectivity index (χ0v) is 12.0. The Morgan fingerprint density at radius 2 is 2.35 bits per heavy atom. The summed E-state index contributed by atoms with van der Waals surface area (Å²) in [6.45, 7) is 4.74. The Kier molecular flexibility index (Phi) is 3.33. The number of thiazole rings is 1. The van der Waals surface area contributed by atoms with Crippen LogP contribution in [0.25, 0.3) is 10.3 Å². The monoisotopic (exact) mass is 316 g/mol. The molecule has 0 saturated carbocycles. The molecule has 0 aromatic carbocycles. The van der Waals surface area contributed by atoms with E-state index in [1.54, 1.807) is 0 Å². The molecule has 2 heterocycles. The minimum absolute atomic E-state index is 0.145. The third-order valence-electron chi connectivity index (χ3n) is 2.22. The van der Waals surface area contributed by atoms with Gasteiger partial charge in [0.1, 0.15) is 0 Å². The van der Waals surface area contributed by atoms with Crippen molar-refractivity contribution in [2.75, 3.05) is 5.73 Å². The van der Waals surface area contributed by atoms with Crippen molar-refractivity contribution >= 4 is 43.2 Å². The molecule has 5 nitrogen and oxygen atoms in total. The standard InChI is InChI=1S/C10H12N4OSSe/c1-5(2)3-4-14-7-6(16-10(14)17)8(15)13-9(11)12-7/h3H,4H2,1-2H3,(H3,11,12,13,15). The van der Waals surface area contributed by atoms with E-state index >= 15 is 0 Å². The molecule has 0 radical (unpaired) electrons. The fraction of sp³-hybridized carbons (Fsp3) is 0.300. The first-order chi connectivity index (χ1) is 7.99. The number of aromatic amines is 1. The number of hydrogen-bond donors (Lipinski definition) is 2. The van der Waals surface area contributed by atoms with Crippen LogP contribution in [0.5, 0.6) is 0 Å². The third-order valence-corrected chi connectivity index (χ3v) is 4.18. The Bertz CT molecular complexity index is 705. The van der Waals surface area contributed by atoms with Crippen LogP contribution in [0.3, 0.4) is 0 Å². The Morgan fingerprint density at radius 3 is 3.00 bits per heavy atom. The van der Waals surface area contributed by atoms with E-state index in [2.05, 4.69) is 31.6 Å². The number of nitrogens with zero attached hydrogens (tertiary/aromatic N) is 2. The summed E-state index contributed by atoms with van der Waals surface area (Å²) in [6, 6.07) is 0. The van der Waals surface area contributed by atoms with E-state index in [9.17, 15) is 4.79 Å². The van der Waals surface area contributed by atoms with Gasteiger partial charge in [0, 0.05) is 0 Å². The number of nitrogen functional groups attached to an aromatic ring is 1. The molecule has 0 unspecified atom stereocenters. The van der Waals surface area contributed by atoms with Gasteiger partial charge in [-0.15, -0.1) is 0 Å². The van der Waals surface area contributed by atoms with Crippen LogP contribution >= 0.6 is 11.3 Å². The molecule has 0 fully saturated rings. The number of hydrogen-bond acceptors (Lipinski definition) is 4. The fourth-order valence-corrected chi connectivity index (χ4v) is 3.11. The zero-order valence-electron chi connectivity index (χ0n) is 9.48. The summed E-state index contributed by atoms with van der Waals surface area (Å²) < 4.78 is 3.45. The normalized spacial score (nSPS) is 10.7. The first-order valence-corrected chi connectivity index (χ1v) is 6.69. The number of allylic oxidation sites excluding steroid dienone is 2. The van der Waals surface area contributed by atoms with E-state index in [1.807, 2.05) is 18.4 Å². The van der Waals surface area contributed by atoms with Gasteiger partial charge in [0.25, 0.3) is 0 Å². The van der Waals surface area contributed by atoms with Crippen molar-refractivity contribution in [3.05, 3.63) is 25.5 Å². The van der Waals surface area contributed by atoms with Gasteiger partial charge in [-0.3, -0.25) is 0 Å². The molecule has 0 amide bonds. The summed E-state index contributed by atoms with van der Waals surface area (Å²) in [7, 11) is 0. The van der Waals surface area contributed by atoms with E-state index in [1.165, 1.54) is 16.9 Å². The second-order valence-corrected chi connectivity index (χ2v) is 6.26. The molecule has 7 heteroatoms. The van der Waals surface area contributed by atoms with Gasteiger partial charge in [-0.2, -0.15) is 0 Å². The molecule has 2 aromatic heterocycles. The fourth-order valence-electron chi connectivity index (χ4n) is 1.41. The maximum absolute atomic E-state index is 11.7. The van der Waals surface area contributed by atoms with Crippen LogP contribution < -0.4 is 11.3 Å². The molecule has 0 spiro atoms. The number of fused-ring (bicyclic) bond motifs is 1. The number of H-pyrrole nitrogens is 1. The Morgan fingerprint density at radius 1 is 1.65 bits per heavy atom. The molecule has 2 rings (SSSR count). The van der Waals surface area contributed by atoms with Gasteiger partial charge >= 0.3 is 109 Å². The number of anilines is 1. The van der Waals surface area contributed by atoms with Crippen molar-refractivity contribution in [1.82, 2.24) is 14.5 Å². The average molecular weight is 315 g/mol. The molecular formula is C10H12N4OSSe. The first kappa shape index (κ1) is 12.3. The van der Waals surface area contributed by atoms with Crippen molar-refractivity contribution < 1.29 is 0 Å². The average Bonchev–Trinajstić information content (AvgIpc) is 2.52. The minimum atomic E-state index is -0.190. The van der Waals surface area contributed by atoms with Crippen LogP contribution in [-0.4, -0.2) is 30.1 Å². The molecule has 3 N–H and O–H groups in total. The van der Waals surface area contributed by atoms with E-state index in [4.69, 9.17) is 5.73 Å². The number of aromatic nitrogens is 3. The van der Waals surface area contributed by atoms with Gasteiger partial charge in [0.2, 0.25) is 0 Å². The summed E-state index contributed by atoms with van der Waals surface area (Å²) >= 11 is 4.33. The zero-order chi connectivity index (χ0) is 12.6. The molecule has 0 aliphatic heterocycles. The Labute approximate surface area is 109 Å². The van der Waals surface area contributed by atoms with Crippen LogP contribution in [0.2, 0.25) is 0 Å². The first-order valence-electron chi connectivity index (χ1n) is 5.01. The van der Waals surface area contributed by atoms with Crippen LogP contribution in [-0.2, 0) is 6.54 Å². The quantitative estimate of drug-likeness (QED) is 0.642. The maximum atomic E-state index is 11.7. The van der Waals surface area contributed by atoms with Crippen molar-refractivity contribution in [2.45, 2.75) is 20.4 Å². The predicted molar refractivity (Wildman–Crippen MR) is 71.1 cm³/mol. The Hall–Kier alpha value is -1.17. The van der Waals surface area contributed by atoms with Crippen molar-refractivity contribution in [2.24, 2.45) is 0 Å². The van der Waals surface area contributed by atoms with Crippen LogP contribution in [0.1, 0.15) is 13.8 Å². The van der Waals surface area contributed by atoms with Gasteiger partial charge in [0.05, 0.1) is 0 Å². The molecule has 0 aliphatic carbocycles. The number of rotatable bonds is 2. The second kappa shape index (κ2) is 4.60. The SMILES string of the molecule is CC(C)=CCn1c(=[Se])sc2c(=O)[nH]c(N)nc21. The Balaban J connectivity index is 2.71. The molecule has 0 aliphatic rings. The van der Waals surface area contributed by atoms with Crippen molar-refractivity contribution in [3.63, 3.8) is 0 Å². The molecule has 0 atom stereocenters. The van der Waals surface area contributed by atoms with Gasteiger partial charge in [-0.25, -0.2) is 0 Å². The van der Waals surface area contributed by atoms with Crippen LogP contribution in [0.4, 0.5) is 5.95 Å². The summed E-state index contributed by atoms with van der Waals surface area (Å²) in [6.07, 6.45) is 2.08. The van der Waals surface area contributed by atoms with E-state index in [-0.39, 0.29) is 11.5 Å². The summed E-state index contributed by atoms with van der Waals surface area (Å²) in [5, 5.41) is 0.